The van der Waals surface area contributed by atoms with Gasteiger partial charge in [-0.2, -0.15) is 0 Å². The summed E-state index contributed by atoms with van der Waals surface area (Å²) in [6, 6.07) is 0. The summed E-state index contributed by atoms with van der Waals surface area (Å²) in [5, 5.41) is 11.8. The maximum atomic E-state index is 11.8. The fourth-order valence-electron chi connectivity index (χ4n) is 2.21. The normalized spacial score (nSPS) is 33.5. The van der Waals surface area contributed by atoms with E-state index in [-0.39, 0.29) is 12.5 Å². The molecular weight excluding hydrogens is 192 g/mol. The van der Waals surface area contributed by atoms with Crippen molar-refractivity contribution < 1.29 is 9.90 Å². The van der Waals surface area contributed by atoms with E-state index in [1.165, 1.54) is 0 Å². The molecule has 0 radical (unpaired) electrons. The SMILES string of the molecule is CC(O)CNC(=O)C1(N)CCCC(C)C1. The summed E-state index contributed by atoms with van der Waals surface area (Å²) in [6.07, 6.45) is 3.16. The second-order valence-electron chi connectivity index (χ2n) is 4.92. The Morgan fingerprint density at radius 3 is 2.93 bits per heavy atom. The van der Waals surface area contributed by atoms with Crippen LogP contribution in [0.15, 0.2) is 0 Å². The molecule has 3 atom stereocenters. The van der Waals surface area contributed by atoms with Crippen LogP contribution in [0.5, 0.6) is 0 Å². The molecule has 0 aliphatic heterocycles. The lowest BCUT2D eigenvalue weighted by Crippen LogP contribution is -2.57. The number of hydrogen-bond donors (Lipinski definition) is 3. The van der Waals surface area contributed by atoms with Crippen molar-refractivity contribution in [2.45, 2.75) is 51.2 Å². The molecule has 15 heavy (non-hydrogen) atoms. The smallest absolute Gasteiger partial charge is 0.240 e. The first-order valence-electron chi connectivity index (χ1n) is 5.69. The van der Waals surface area contributed by atoms with E-state index in [1.54, 1.807) is 6.92 Å². The van der Waals surface area contributed by atoms with Crippen LogP contribution in [0, 0.1) is 5.92 Å². The Labute approximate surface area is 91.2 Å². The second kappa shape index (κ2) is 4.94. The van der Waals surface area contributed by atoms with E-state index in [1.807, 2.05) is 0 Å². The topological polar surface area (TPSA) is 75.3 Å². The number of amides is 1. The van der Waals surface area contributed by atoms with Crippen LogP contribution in [-0.4, -0.2) is 29.2 Å². The van der Waals surface area contributed by atoms with Crippen molar-refractivity contribution in [3.05, 3.63) is 0 Å². The van der Waals surface area contributed by atoms with Gasteiger partial charge in [-0.1, -0.05) is 19.8 Å². The van der Waals surface area contributed by atoms with Crippen LogP contribution < -0.4 is 11.1 Å². The van der Waals surface area contributed by atoms with Gasteiger partial charge in [-0.05, 0) is 25.7 Å². The van der Waals surface area contributed by atoms with Gasteiger partial charge in [0.1, 0.15) is 0 Å². The van der Waals surface area contributed by atoms with E-state index in [0.29, 0.717) is 5.92 Å². The van der Waals surface area contributed by atoms with Crippen LogP contribution in [0.2, 0.25) is 0 Å². The van der Waals surface area contributed by atoms with E-state index in [2.05, 4.69) is 12.2 Å². The van der Waals surface area contributed by atoms with Crippen LogP contribution in [0.1, 0.15) is 39.5 Å². The highest BCUT2D eigenvalue weighted by Crippen LogP contribution is 2.30. The van der Waals surface area contributed by atoms with Gasteiger partial charge in [0.15, 0.2) is 0 Å². The van der Waals surface area contributed by atoms with Crippen molar-refractivity contribution in [3.8, 4) is 0 Å². The number of carbonyl (C=O) groups excluding carboxylic acids is 1. The summed E-state index contributed by atoms with van der Waals surface area (Å²) in [5.74, 6) is 0.399. The zero-order valence-electron chi connectivity index (χ0n) is 9.62. The average molecular weight is 214 g/mol. The van der Waals surface area contributed by atoms with Gasteiger partial charge in [0, 0.05) is 6.54 Å². The molecular formula is C11H22N2O2. The quantitative estimate of drug-likeness (QED) is 0.636. The molecule has 1 aliphatic carbocycles. The van der Waals surface area contributed by atoms with Gasteiger partial charge in [-0.15, -0.1) is 0 Å². The van der Waals surface area contributed by atoms with E-state index >= 15 is 0 Å². The molecule has 0 spiro atoms. The molecule has 0 heterocycles. The van der Waals surface area contributed by atoms with Crippen LogP contribution >= 0.6 is 0 Å². The summed E-state index contributed by atoms with van der Waals surface area (Å²) in [5.41, 5.74) is 5.37. The first-order valence-corrected chi connectivity index (χ1v) is 5.69. The average Bonchev–Trinajstić information content (AvgIpc) is 2.13. The predicted molar refractivity (Wildman–Crippen MR) is 59.2 cm³/mol. The number of hydrogen-bond acceptors (Lipinski definition) is 3. The molecule has 4 nitrogen and oxygen atoms in total. The molecule has 1 rings (SSSR count). The van der Waals surface area contributed by atoms with Crippen molar-refractivity contribution in [2.24, 2.45) is 11.7 Å². The fourth-order valence-corrected chi connectivity index (χ4v) is 2.21. The third-order valence-corrected chi connectivity index (χ3v) is 3.04. The molecule has 1 fully saturated rings. The van der Waals surface area contributed by atoms with Crippen molar-refractivity contribution in [2.75, 3.05) is 6.54 Å². The van der Waals surface area contributed by atoms with Crippen LogP contribution in [0.3, 0.4) is 0 Å². The Balaban J connectivity index is 2.48. The minimum atomic E-state index is -0.716. The van der Waals surface area contributed by atoms with Gasteiger partial charge in [-0.25, -0.2) is 0 Å². The number of aliphatic hydroxyl groups excluding tert-OH is 1. The number of carbonyl (C=O) groups is 1. The van der Waals surface area contributed by atoms with Crippen LogP contribution in [-0.2, 0) is 4.79 Å². The zero-order chi connectivity index (χ0) is 11.5. The monoisotopic (exact) mass is 214 g/mol. The predicted octanol–water partition coefficient (Wildman–Crippen LogP) is 0.391. The highest BCUT2D eigenvalue weighted by Gasteiger charge is 2.37. The van der Waals surface area contributed by atoms with Crippen LogP contribution in [0.25, 0.3) is 0 Å². The minimum absolute atomic E-state index is 0.116. The lowest BCUT2D eigenvalue weighted by Gasteiger charge is -2.35. The summed E-state index contributed by atoms with van der Waals surface area (Å²) in [4.78, 5) is 11.8. The molecule has 0 saturated heterocycles. The first-order chi connectivity index (χ1) is 6.94. The zero-order valence-corrected chi connectivity index (χ0v) is 9.62. The lowest BCUT2D eigenvalue weighted by molar-refractivity contribution is -0.128. The molecule has 4 N–H and O–H groups in total. The Hall–Kier alpha value is -0.610. The molecule has 0 aromatic heterocycles. The van der Waals surface area contributed by atoms with Crippen molar-refractivity contribution >= 4 is 5.91 Å². The number of rotatable bonds is 3. The Morgan fingerprint density at radius 2 is 2.40 bits per heavy atom. The van der Waals surface area contributed by atoms with Gasteiger partial charge in [0.2, 0.25) is 5.91 Å². The third kappa shape index (κ3) is 3.47. The maximum absolute atomic E-state index is 11.8. The van der Waals surface area contributed by atoms with Gasteiger partial charge >= 0.3 is 0 Å². The van der Waals surface area contributed by atoms with Crippen molar-refractivity contribution in [1.29, 1.82) is 0 Å². The van der Waals surface area contributed by atoms with Gasteiger partial charge in [-0.3, -0.25) is 4.79 Å². The largest absolute Gasteiger partial charge is 0.392 e. The summed E-state index contributed by atoms with van der Waals surface area (Å²) >= 11 is 0. The van der Waals surface area contributed by atoms with Gasteiger partial charge in [0.25, 0.3) is 0 Å². The second-order valence-corrected chi connectivity index (χ2v) is 4.92. The standard InChI is InChI=1S/C11H22N2O2/c1-8-4-3-5-11(12,6-8)10(15)13-7-9(2)14/h8-9,14H,3-7,12H2,1-2H3,(H,13,15). The van der Waals surface area contributed by atoms with E-state index in [4.69, 9.17) is 10.8 Å². The highest BCUT2D eigenvalue weighted by molar-refractivity contribution is 5.86. The van der Waals surface area contributed by atoms with E-state index in [9.17, 15) is 4.79 Å². The maximum Gasteiger partial charge on any atom is 0.240 e. The molecule has 1 saturated carbocycles. The summed E-state index contributed by atoms with van der Waals surface area (Å²) < 4.78 is 0. The Morgan fingerprint density at radius 1 is 1.73 bits per heavy atom. The number of nitrogens with two attached hydrogens (primary N) is 1. The Bertz CT molecular complexity index is 231. The van der Waals surface area contributed by atoms with Gasteiger partial charge in [0.05, 0.1) is 11.6 Å². The Kier molecular flexibility index (Phi) is 4.11. The molecule has 1 amide bonds. The fraction of sp³-hybridized carbons (Fsp3) is 0.909. The number of aliphatic hydroxyl groups is 1. The minimum Gasteiger partial charge on any atom is -0.392 e. The summed E-state index contributed by atoms with van der Waals surface area (Å²) in [6.45, 7) is 4.06. The molecule has 4 heteroatoms. The first kappa shape index (κ1) is 12.5. The molecule has 88 valence electrons. The van der Waals surface area contributed by atoms with E-state index in [0.717, 1.165) is 25.7 Å². The summed E-state index contributed by atoms with van der Waals surface area (Å²) in [7, 11) is 0. The highest BCUT2D eigenvalue weighted by atomic mass is 16.3. The third-order valence-electron chi connectivity index (χ3n) is 3.04. The molecule has 1 aliphatic rings. The van der Waals surface area contributed by atoms with Crippen molar-refractivity contribution in [1.82, 2.24) is 5.32 Å². The lowest BCUT2D eigenvalue weighted by atomic mass is 9.76. The van der Waals surface area contributed by atoms with Crippen LogP contribution in [0.4, 0.5) is 0 Å². The number of nitrogens with one attached hydrogen (secondary N) is 1. The molecule has 0 aromatic carbocycles. The molecule has 0 bridgehead atoms. The molecule has 0 aromatic rings. The molecule has 3 unspecified atom stereocenters. The van der Waals surface area contributed by atoms with E-state index < -0.39 is 11.6 Å². The van der Waals surface area contributed by atoms with Crippen molar-refractivity contribution in [3.63, 3.8) is 0 Å². The van der Waals surface area contributed by atoms with Gasteiger partial charge < -0.3 is 16.2 Å².